The van der Waals surface area contributed by atoms with E-state index in [0.29, 0.717) is 23.0 Å². The number of fused-ring (bicyclic) bond motifs is 1. The van der Waals surface area contributed by atoms with Gasteiger partial charge < -0.3 is 10.2 Å². The minimum atomic E-state index is -4.54. The van der Waals surface area contributed by atoms with Crippen LogP contribution in [0.4, 0.5) is 24.8 Å². The maximum atomic E-state index is 13.0. The number of benzene rings is 2. The Kier molecular flexibility index (Phi) is 6.04. The van der Waals surface area contributed by atoms with E-state index in [-0.39, 0.29) is 5.56 Å². The normalized spacial score (nSPS) is 11.5. The van der Waals surface area contributed by atoms with Gasteiger partial charge in [-0.2, -0.15) is 18.3 Å². The van der Waals surface area contributed by atoms with Crippen molar-refractivity contribution in [2.24, 2.45) is 0 Å². The molecule has 1 N–H and O–H groups in total. The molecule has 2 aromatic carbocycles. The van der Waals surface area contributed by atoms with Crippen LogP contribution >= 0.6 is 0 Å². The summed E-state index contributed by atoms with van der Waals surface area (Å²) in [5, 5.41) is 7.16. The van der Waals surface area contributed by atoms with Crippen LogP contribution in [-0.4, -0.2) is 44.6 Å². The summed E-state index contributed by atoms with van der Waals surface area (Å²) in [6.45, 7) is 0. The topological polar surface area (TPSA) is 88.3 Å². The number of nitrogens with one attached hydrogen (secondary N) is 1. The zero-order chi connectivity index (χ0) is 26.2. The first-order valence-corrected chi connectivity index (χ1v) is 11.1. The Balaban J connectivity index is 1.44. The summed E-state index contributed by atoms with van der Waals surface area (Å²) in [5.41, 5.74) is 2.98. The molecule has 0 aliphatic rings. The highest BCUT2D eigenvalue weighted by atomic mass is 19.4. The van der Waals surface area contributed by atoms with Crippen molar-refractivity contribution >= 4 is 23.2 Å². The second kappa shape index (κ2) is 9.34. The molecular formula is C26H20F3N7O. The number of rotatable bonds is 5. The summed E-state index contributed by atoms with van der Waals surface area (Å²) >= 11 is 0. The average molecular weight is 503 g/mol. The molecule has 8 nitrogen and oxygen atoms in total. The van der Waals surface area contributed by atoms with Gasteiger partial charge in [-0.15, -0.1) is 0 Å². The van der Waals surface area contributed by atoms with Crippen LogP contribution in [0.3, 0.4) is 0 Å². The molecule has 5 rings (SSSR count). The van der Waals surface area contributed by atoms with Crippen molar-refractivity contribution in [3.05, 3.63) is 90.5 Å². The van der Waals surface area contributed by atoms with Crippen LogP contribution in [0, 0.1) is 0 Å². The first kappa shape index (κ1) is 23.9. The highest BCUT2D eigenvalue weighted by Gasteiger charge is 2.30. The zero-order valence-corrected chi connectivity index (χ0v) is 19.7. The Labute approximate surface area is 209 Å². The molecule has 0 saturated heterocycles. The molecule has 0 radical (unpaired) electrons. The zero-order valence-electron chi connectivity index (χ0n) is 19.7. The van der Waals surface area contributed by atoms with Crippen LogP contribution in [-0.2, 0) is 6.18 Å². The van der Waals surface area contributed by atoms with Crippen LogP contribution in [0.25, 0.3) is 28.0 Å². The fourth-order valence-corrected chi connectivity index (χ4v) is 3.80. The highest BCUT2D eigenvalue weighted by Crippen LogP contribution is 2.30. The first-order valence-electron chi connectivity index (χ1n) is 11.1. The predicted molar refractivity (Wildman–Crippen MR) is 133 cm³/mol. The van der Waals surface area contributed by atoms with Gasteiger partial charge in [0.15, 0.2) is 5.65 Å². The third kappa shape index (κ3) is 4.83. The van der Waals surface area contributed by atoms with E-state index >= 15 is 0 Å². The Hall–Kier alpha value is -4.80. The molecule has 0 atom stereocenters. The Morgan fingerprint density at radius 1 is 0.919 bits per heavy atom. The molecule has 5 aromatic rings. The second-order valence-corrected chi connectivity index (χ2v) is 8.40. The lowest BCUT2D eigenvalue weighted by Gasteiger charge is -2.11. The first-order chi connectivity index (χ1) is 17.7. The van der Waals surface area contributed by atoms with E-state index in [1.165, 1.54) is 12.1 Å². The van der Waals surface area contributed by atoms with Crippen molar-refractivity contribution in [1.29, 1.82) is 0 Å². The van der Waals surface area contributed by atoms with Crippen molar-refractivity contribution in [2.75, 3.05) is 24.3 Å². The molecule has 0 saturated carbocycles. The molecular weight excluding hydrogens is 483 g/mol. The lowest BCUT2D eigenvalue weighted by molar-refractivity contribution is -0.137. The minimum absolute atomic E-state index is 0.0919. The van der Waals surface area contributed by atoms with Gasteiger partial charge in [0.25, 0.3) is 5.91 Å². The van der Waals surface area contributed by atoms with Gasteiger partial charge in [-0.3, -0.25) is 4.79 Å². The monoisotopic (exact) mass is 503 g/mol. The molecule has 0 unspecified atom stereocenters. The van der Waals surface area contributed by atoms with Crippen LogP contribution < -0.4 is 10.2 Å². The summed E-state index contributed by atoms with van der Waals surface area (Å²) in [4.78, 5) is 27.6. The van der Waals surface area contributed by atoms with Gasteiger partial charge in [0.1, 0.15) is 0 Å². The van der Waals surface area contributed by atoms with Crippen LogP contribution in [0.15, 0.2) is 79.4 Å². The molecule has 3 aromatic heterocycles. The predicted octanol–water partition coefficient (Wildman–Crippen LogP) is 5.19. The molecule has 1 amide bonds. The molecule has 0 spiro atoms. The number of alkyl halides is 3. The van der Waals surface area contributed by atoms with Crippen LogP contribution in [0.2, 0.25) is 0 Å². The van der Waals surface area contributed by atoms with Gasteiger partial charge in [-0.05, 0) is 36.4 Å². The van der Waals surface area contributed by atoms with Crippen molar-refractivity contribution in [2.45, 2.75) is 6.18 Å². The Morgan fingerprint density at radius 3 is 2.41 bits per heavy atom. The Morgan fingerprint density at radius 2 is 1.68 bits per heavy atom. The Bertz CT molecular complexity index is 1590. The fraction of sp³-hybridized carbons (Fsp3) is 0.115. The maximum absolute atomic E-state index is 13.0. The number of hydrogen-bond acceptors (Lipinski definition) is 6. The number of aromatic nitrogens is 5. The van der Waals surface area contributed by atoms with E-state index in [2.05, 4.69) is 25.4 Å². The summed E-state index contributed by atoms with van der Waals surface area (Å²) in [7, 11) is 3.71. The summed E-state index contributed by atoms with van der Waals surface area (Å²) in [5.74, 6) is -0.0662. The third-order valence-electron chi connectivity index (χ3n) is 5.62. The van der Waals surface area contributed by atoms with Gasteiger partial charge in [0, 0.05) is 60.6 Å². The summed E-state index contributed by atoms with van der Waals surface area (Å²) < 4.78 is 40.8. The minimum Gasteiger partial charge on any atom is -0.347 e. The molecule has 0 bridgehead atoms. The second-order valence-electron chi connectivity index (χ2n) is 8.40. The van der Waals surface area contributed by atoms with E-state index in [4.69, 9.17) is 0 Å². The number of nitrogens with zero attached hydrogens (tertiary/aromatic N) is 6. The highest BCUT2D eigenvalue weighted by molar-refractivity contribution is 6.04. The van der Waals surface area contributed by atoms with Gasteiger partial charge in [-0.1, -0.05) is 18.2 Å². The number of hydrogen-bond donors (Lipinski definition) is 1. The largest absolute Gasteiger partial charge is 0.416 e. The number of carbonyl (C=O) groups excluding carboxylic acids is 1. The van der Waals surface area contributed by atoms with Gasteiger partial charge >= 0.3 is 6.18 Å². The summed E-state index contributed by atoms with van der Waals surface area (Å²) in [6.07, 6.45) is 2.21. The quantitative estimate of drug-likeness (QED) is 0.355. The van der Waals surface area contributed by atoms with Crippen LogP contribution in [0.5, 0.6) is 0 Å². The molecule has 3 heterocycles. The van der Waals surface area contributed by atoms with Crippen molar-refractivity contribution in [1.82, 2.24) is 24.6 Å². The number of carbonyl (C=O) groups is 1. The van der Waals surface area contributed by atoms with Crippen LogP contribution in [0.1, 0.15) is 15.9 Å². The van der Waals surface area contributed by atoms with E-state index in [0.717, 1.165) is 28.8 Å². The van der Waals surface area contributed by atoms with Crippen molar-refractivity contribution < 1.29 is 18.0 Å². The smallest absolute Gasteiger partial charge is 0.347 e. The average Bonchev–Trinajstić information content (AvgIpc) is 3.33. The fourth-order valence-electron chi connectivity index (χ4n) is 3.80. The number of halogens is 3. The van der Waals surface area contributed by atoms with E-state index in [9.17, 15) is 18.0 Å². The van der Waals surface area contributed by atoms with E-state index in [1.807, 2.05) is 20.2 Å². The lowest BCUT2D eigenvalue weighted by Crippen LogP contribution is -2.14. The maximum Gasteiger partial charge on any atom is 0.416 e. The molecule has 37 heavy (non-hydrogen) atoms. The molecule has 11 heteroatoms. The van der Waals surface area contributed by atoms with E-state index < -0.39 is 17.6 Å². The molecule has 0 fully saturated rings. The number of anilines is 2. The van der Waals surface area contributed by atoms with Crippen molar-refractivity contribution in [3.63, 3.8) is 0 Å². The molecule has 0 aliphatic carbocycles. The SMILES string of the molecule is CN(C)c1ncc(-c2cnn3c(-c4cccc(NC(=O)c5cccc(C(F)(F)F)c5)c4)ccnc23)cn1. The summed E-state index contributed by atoms with van der Waals surface area (Å²) in [6, 6.07) is 13.0. The standard InChI is InChI=1S/C26H20F3N7O/c1-35(2)25-31-13-18(14-32-25)21-15-33-36-22(9-10-30-23(21)36)16-5-4-8-20(12-16)34-24(37)17-6-3-7-19(11-17)26(27,28)29/h3-15H,1-2H3,(H,34,37). The van der Waals surface area contributed by atoms with Gasteiger partial charge in [0.2, 0.25) is 5.95 Å². The van der Waals surface area contributed by atoms with Crippen molar-refractivity contribution in [3.8, 4) is 22.4 Å². The van der Waals surface area contributed by atoms with Gasteiger partial charge in [0.05, 0.1) is 17.5 Å². The molecule has 186 valence electrons. The number of amides is 1. The van der Waals surface area contributed by atoms with E-state index in [1.54, 1.807) is 58.5 Å². The lowest BCUT2D eigenvalue weighted by atomic mass is 10.1. The third-order valence-corrected chi connectivity index (χ3v) is 5.62. The molecule has 0 aliphatic heterocycles. The van der Waals surface area contributed by atoms with Gasteiger partial charge in [-0.25, -0.2) is 19.5 Å².